The summed E-state index contributed by atoms with van der Waals surface area (Å²) < 4.78 is 33.2. The van der Waals surface area contributed by atoms with Crippen LogP contribution in [0.1, 0.15) is 25.0 Å². The first-order valence-electron chi connectivity index (χ1n) is 11.7. The lowest BCUT2D eigenvalue weighted by Crippen LogP contribution is -2.39. The number of anilines is 1. The Balaban J connectivity index is 1.66. The van der Waals surface area contributed by atoms with Crippen molar-refractivity contribution < 1.29 is 22.7 Å². The van der Waals surface area contributed by atoms with Gasteiger partial charge in [-0.25, -0.2) is 13.8 Å². The number of hydrogen-bond acceptors (Lipinski definition) is 6. The molecule has 0 aromatic heterocycles. The van der Waals surface area contributed by atoms with Crippen molar-refractivity contribution in [1.29, 1.82) is 0 Å². The van der Waals surface area contributed by atoms with E-state index in [-0.39, 0.29) is 29.1 Å². The molecule has 0 saturated carbocycles. The molecule has 3 rings (SSSR count). The summed E-state index contributed by atoms with van der Waals surface area (Å²) in [7, 11) is -4.04. The molecule has 0 aliphatic carbocycles. The second kappa shape index (κ2) is 13.1. The fourth-order valence-electron chi connectivity index (χ4n) is 3.27. The van der Waals surface area contributed by atoms with E-state index in [9.17, 15) is 18.0 Å². The Morgan fingerprint density at radius 2 is 1.61 bits per heavy atom. The zero-order valence-corrected chi connectivity index (χ0v) is 22.8. The molecule has 0 fully saturated rings. The Morgan fingerprint density at radius 1 is 0.974 bits per heavy atom. The fourth-order valence-corrected chi connectivity index (χ4v) is 4.81. The monoisotopic (exact) mass is 556 g/mol. The van der Waals surface area contributed by atoms with Crippen molar-refractivity contribution in [2.45, 2.75) is 31.7 Å². The molecule has 3 aromatic carbocycles. The molecular weight excluding hydrogens is 528 g/mol. The molecule has 38 heavy (non-hydrogen) atoms. The third kappa shape index (κ3) is 8.32. The maximum absolute atomic E-state index is 13.4. The number of rotatable bonds is 11. The Morgan fingerprint density at radius 3 is 2.21 bits per heavy atom. The van der Waals surface area contributed by atoms with Gasteiger partial charge in [-0.2, -0.15) is 5.10 Å². The van der Waals surface area contributed by atoms with Crippen LogP contribution in [0.15, 0.2) is 82.8 Å². The number of aryl methyl sites for hydroxylation is 1. The molecule has 3 aromatic rings. The van der Waals surface area contributed by atoms with Gasteiger partial charge in [-0.3, -0.25) is 13.9 Å². The molecule has 0 saturated heterocycles. The zero-order valence-electron chi connectivity index (χ0n) is 21.2. The first-order valence-corrected chi connectivity index (χ1v) is 13.6. The minimum absolute atomic E-state index is 0.0286. The summed E-state index contributed by atoms with van der Waals surface area (Å²) in [6.45, 7) is 4.98. The molecular formula is C27H29ClN4O5S. The first kappa shape index (κ1) is 28.7. The number of hydrogen-bond donors (Lipinski definition) is 2. The van der Waals surface area contributed by atoms with E-state index in [1.54, 1.807) is 48.5 Å². The van der Waals surface area contributed by atoms with E-state index in [0.29, 0.717) is 16.3 Å². The Kier molecular flexibility index (Phi) is 9.86. The molecule has 0 radical (unpaired) electrons. The number of ether oxygens (including phenoxy) is 1. The van der Waals surface area contributed by atoms with Crippen LogP contribution in [0.4, 0.5) is 5.69 Å². The molecule has 0 atom stereocenters. The third-order valence-electron chi connectivity index (χ3n) is 5.11. The van der Waals surface area contributed by atoms with Crippen LogP contribution in [-0.2, 0) is 19.6 Å². The van der Waals surface area contributed by atoms with Crippen LogP contribution in [0.3, 0.4) is 0 Å². The van der Waals surface area contributed by atoms with Gasteiger partial charge in [-0.05, 0) is 87.0 Å². The van der Waals surface area contributed by atoms with Crippen LogP contribution in [0.2, 0.25) is 5.02 Å². The summed E-state index contributed by atoms with van der Waals surface area (Å²) in [6, 6.07) is 19.3. The highest BCUT2D eigenvalue weighted by atomic mass is 35.5. The van der Waals surface area contributed by atoms with Gasteiger partial charge in [0.2, 0.25) is 0 Å². The van der Waals surface area contributed by atoms with Gasteiger partial charge < -0.3 is 10.1 Å². The van der Waals surface area contributed by atoms with Gasteiger partial charge in [0.05, 0.1) is 16.8 Å². The summed E-state index contributed by atoms with van der Waals surface area (Å²) in [6.07, 6.45) is 1.41. The highest BCUT2D eigenvalue weighted by Crippen LogP contribution is 2.25. The molecule has 200 valence electrons. The Hall–Kier alpha value is -3.89. The van der Waals surface area contributed by atoms with Crippen LogP contribution in [-0.4, -0.2) is 45.6 Å². The van der Waals surface area contributed by atoms with Gasteiger partial charge in [0.1, 0.15) is 12.3 Å². The fraction of sp³-hybridized carbons (Fsp3) is 0.222. The van der Waals surface area contributed by atoms with Crippen LogP contribution >= 0.6 is 11.6 Å². The highest BCUT2D eigenvalue weighted by molar-refractivity contribution is 7.92. The second-order valence-electron chi connectivity index (χ2n) is 8.67. The number of sulfonamides is 1. The average Bonchev–Trinajstić information content (AvgIpc) is 2.87. The molecule has 0 unspecified atom stereocenters. The normalized spacial score (nSPS) is 11.4. The minimum Gasteiger partial charge on any atom is -0.484 e. The average molecular weight is 557 g/mol. The van der Waals surface area contributed by atoms with E-state index in [0.717, 1.165) is 9.87 Å². The number of hydrazone groups is 1. The largest absolute Gasteiger partial charge is 0.484 e. The Bertz CT molecular complexity index is 1370. The maximum Gasteiger partial charge on any atom is 0.264 e. The molecule has 2 N–H and O–H groups in total. The number of carbonyl (C=O) groups is 2. The molecule has 0 bridgehead atoms. The number of nitrogens with zero attached hydrogens (tertiary/aromatic N) is 2. The first-order chi connectivity index (χ1) is 18.0. The Labute approximate surface area is 227 Å². The van der Waals surface area contributed by atoms with Crippen LogP contribution in [0.5, 0.6) is 5.75 Å². The molecule has 0 aliphatic heterocycles. The topological polar surface area (TPSA) is 117 Å². The lowest BCUT2D eigenvalue weighted by atomic mass is 10.2. The van der Waals surface area contributed by atoms with Gasteiger partial charge in [-0.15, -0.1) is 0 Å². The van der Waals surface area contributed by atoms with Crippen molar-refractivity contribution in [3.05, 3.63) is 88.9 Å². The lowest BCUT2D eigenvalue weighted by molar-refractivity contribution is -0.123. The molecule has 2 amide bonds. The molecule has 0 spiro atoms. The van der Waals surface area contributed by atoms with Crippen molar-refractivity contribution >= 4 is 45.3 Å². The summed E-state index contributed by atoms with van der Waals surface area (Å²) in [5.74, 6) is -0.349. The van der Waals surface area contributed by atoms with E-state index >= 15 is 0 Å². The highest BCUT2D eigenvalue weighted by Gasteiger charge is 2.27. The van der Waals surface area contributed by atoms with Gasteiger partial charge >= 0.3 is 0 Å². The van der Waals surface area contributed by atoms with Crippen molar-refractivity contribution in [3.63, 3.8) is 0 Å². The van der Waals surface area contributed by atoms with E-state index in [4.69, 9.17) is 16.3 Å². The van der Waals surface area contributed by atoms with Crippen molar-refractivity contribution in [2.75, 3.05) is 17.5 Å². The molecule has 0 aliphatic rings. The van der Waals surface area contributed by atoms with Crippen LogP contribution in [0, 0.1) is 6.92 Å². The molecule has 11 heteroatoms. The molecule has 9 nitrogen and oxygen atoms in total. The lowest BCUT2D eigenvalue weighted by Gasteiger charge is -2.23. The quantitative estimate of drug-likeness (QED) is 0.274. The predicted molar refractivity (Wildman–Crippen MR) is 148 cm³/mol. The van der Waals surface area contributed by atoms with Gasteiger partial charge in [0, 0.05) is 11.1 Å². The van der Waals surface area contributed by atoms with Crippen molar-refractivity contribution in [2.24, 2.45) is 5.10 Å². The minimum atomic E-state index is -4.04. The van der Waals surface area contributed by atoms with E-state index < -0.39 is 22.5 Å². The summed E-state index contributed by atoms with van der Waals surface area (Å²) in [5.41, 5.74) is 4.21. The van der Waals surface area contributed by atoms with Crippen molar-refractivity contribution in [1.82, 2.24) is 10.7 Å². The zero-order chi connectivity index (χ0) is 27.7. The van der Waals surface area contributed by atoms with E-state index in [1.165, 1.54) is 30.5 Å². The second-order valence-corrected chi connectivity index (χ2v) is 11.0. The number of amides is 2. The number of halogens is 1. The number of nitrogens with one attached hydrogen (secondary N) is 2. The van der Waals surface area contributed by atoms with Gasteiger partial charge in [0.25, 0.3) is 21.8 Å². The smallest absolute Gasteiger partial charge is 0.264 e. The SMILES string of the molecule is Cc1ccc(S(=O)(=O)N(CC(=O)N/N=C\c2ccc(OCC(=O)NC(C)C)cc2)c2ccc(Cl)cc2)cc1. The maximum atomic E-state index is 13.4. The summed E-state index contributed by atoms with van der Waals surface area (Å²) in [4.78, 5) is 24.4. The molecule has 0 heterocycles. The van der Waals surface area contributed by atoms with Crippen LogP contribution < -0.4 is 19.8 Å². The number of benzene rings is 3. The van der Waals surface area contributed by atoms with Gasteiger partial charge in [0.15, 0.2) is 6.61 Å². The van der Waals surface area contributed by atoms with E-state index in [2.05, 4.69) is 15.8 Å². The standard InChI is InChI=1S/C27H29ClN4O5S/c1-19(2)30-27(34)18-37-24-12-6-21(7-13-24)16-29-31-26(33)17-32(23-10-8-22(28)9-11-23)38(35,36)25-14-4-20(3)5-15-25/h4-16,19H,17-18H2,1-3H3,(H,30,34)(H,31,33)/b29-16-. The third-order valence-corrected chi connectivity index (χ3v) is 7.15. The van der Waals surface area contributed by atoms with Crippen LogP contribution in [0.25, 0.3) is 0 Å². The summed E-state index contributed by atoms with van der Waals surface area (Å²) >= 11 is 5.96. The predicted octanol–water partition coefficient (Wildman–Crippen LogP) is 3.90. The summed E-state index contributed by atoms with van der Waals surface area (Å²) in [5, 5.41) is 7.11. The van der Waals surface area contributed by atoms with Crippen molar-refractivity contribution in [3.8, 4) is 5.75 Å². The number of carbonyl (C=O) groups excluding carboxylic acids is 2. The van der Waals surface area contributed by atoms with Gasteiger partial charge in [-0.1, -0.05) is 29.3 Å². The van der Waals surface area contributed by atoms with E-state index in [1.807, 2.05) is 20.8 Å².